The molecule has 1 heterocycles. The number of aliphatic hydroxyl groups excluding tert-OH is 1. The summed E-state index contributed by atoms with van der Waals surface area (Å²) in [4.78, 5) is 0. The molecular formula is C16H21NO3. The summed E-state index contributed by atoms with van der Waals surface area (Å²) in [6, 6.07) is 9.71. The van der Waals surface area contributed by atoms with E-state index in [1.54, 1.807) is 0 Å². The number of nitrogens with zero attached hydrogens (tertiary/aromatic N) is 1. The Labute approximate surface area is 119 Å². The summed E-state index contributed by atoms with van der Waals surface area (Å²) in [5.41, 5.74) is -0.0104. The Morgan fingerprint density at radius 1 is 1.45 bits per heavy atom. The van der Waals surface area contributed by atoms with Gasteiger partial charge in [-0.1, -0.05) is 19.1 Å². The molecule has 1 aliphatic rings. The van der Waals surface area contributed by atoms with Crippen molar-refractivity contribution >= 4 is 0 Å². The van der Waals surface area contributed by atoms with Crippen molar-refractivity contribution in [2.75, 3.05) is 19.8 Å². The molecule has 0 bridgehead atoms. The van der Waals surface area contributed by atoms with Crippen molar-refractivity contribution in [3.05, 3.63) is 29.8 Å². The second-order valence-corrected chi connectivity index (χ2v) is 5.20. The molecule has 1 N–H and O–H groups in total. The van der Waals surface area contributed by atoms with Gasteiger partial charge in [0.05, 0.1) is 24.2 Å². The van der Waals surface area contributed by atoms with E-state index in [-0.39, 0.29) is 0 Å². The molecule has 2 rings (SSSR count). The Kier molecular flexibility index (Phi) is 4.99. The second kappa shape index (κ2) is 6.74. The van der Waals surface area contributed by atoms with Gasteiger partial charge in [-0.15, -0.1) is 0 Å². The van der Waals surface area contributed by atoms with E-state index in [4.69, 9.17) is 9.47 Å². The predicted molar refractivity (Wildman–Crippen MR) is 75.3 cm³/mol. The molecule has 0 radical (unpaired) electrons. The Bertz CT molecular complexity index is 475. The minimum Gasteiger partial charge on any atom is -0.494 e. The van der Waals surface area contributed by atoms with Crippen LogP contribution in [0.2, 0.25) is 0 Å². The molecule has 1 aliphatic heterocycles. The third-order valence-electron chi connectivity index (χ3n) is 3.78. The van der Waals surface area contributed by atoms with E-state index in [2.05, 4.69) is 6.07 Å². The molecule has 0 aliphatic carbocycles. The summed E-state index contributed by atoms with van der Waals surface area (Å²) in [6.07, 6.45) is 1.25. The molecule has 0 spiro atoms. The van der Waals surface area contributed by atoms with Crippen molar-refractivity contribution in [1.29, 1.82) is 5.26 Å². The van der Waals surface area contributed by atoms with Crippen LogP contribution in [0, 0.1) is 16.7 Å². The first-order valence-electron chi connectivity index (χ1n) is 7.11. The van der Waals surface area contributed by atoms with Crippen LogP contribution in [0.25, 0.3) is 0 Å². The molecule has 1 aromatic rings. The average molecular weight is 275 g/mol. The fraction of sp³-hybridized carbons (Fsp3) is 0.562. The van der Waals surface area contributed by atoms with E-state index in [0.29, 0.717) is 32.7 Å². The minimum atomic E-state index is -0.804. The van der Waals surface area contributed by atoms with Crippen LogP contribution in [-0.4, -0.2) is 24.9 Å². The summed E-state index contributed by atoms with van der Waals surface area (Å²) in [6.45, 7) is 3.75. The summed E-state index contributed by atoms with van der Waals surface area (Å²) in [7, 11) is 0. The lowest BCUT2D eigenvalue weighted by Gasteiger charge is -2.35. The van der Waals surface area contributed by atoms with Crippen LogP contribution in [0.15, 0.2) is 24.3 Å². The Morgan fingerprint density at radius 3 is 2.85 bits per heavy atom. The maximum absolute atomic E-state index is 10.6. The van der Waals surface area contributed by atoms with Gasteiger partial charge in [-0.05, 0) is 37.0 Å². The van der Waals surface area contributed by atoms with Crippen LogP contribution < -0.4 is 4.74 Å². The lowest BCUT2D eigenvalue weighted by Crippen LogP contribution is -2.34. The van der Waals surface area contributed by atoms with Crippen molar-refractivity contribution < 1.29 is 14.6 Å². The molecule has 4 heteroatoms. The van der Waals surface area contributed by atoms with E-state index < -0.39 is 11.5 Å². The van der Waals surface area contributed by atoms with Crippen molar-refractivity contribution in [1.82, 2.24) is 0 Å². The van der Waals surface area contributed by atoms with Gasteiger partial charge in [0.25, 0.3) is 0 Å². The molecule has 4 nitrogen and oxygen atoms in total. The van der Waals surface area contributed by atoms with Gasteiger partial charge < -0.3 is 14.6 Å². The van der Waals surface area contributed by atoms with Crippen molar-refractivity contribution in [3.8, 4) is 11.8 Å². The quantitative estimate of drug-likeness (QED) is 0.897. The number of nitriles is 1. The average Bonchev–Trinajstić information content (AvgIpc) is 2.53. The fourth-order valence-corrected chi connectivity index (χ4v) is 2.50. The normalized spacial score (nSPS) is 19.1. The Balaban J connectivity index is 2.19. The van der Waals surface area contributed by atoms with Crippen molar-refractivity contribution in [3.63, 3.8) is 0 Å². The van der Waals surface area contributed by atoms with Gasteiger partial charge in [0, 0.05) is 13.2 Å². The maximum Gasteiger partial charge on any atom is 0.119 e. The van der Waals surface area contributed by atoms with E-state index in [1.165, 1.54) is 0 Å². The van der Waals surface area contributed by atoms with Crippen LogP contribution in [0.3, 0.4) is 0 Å². The summed E-state index contributed by atoms with van der Waals surface area (Å²) < 4.78 is 10.9. The van der Waals surface area contributed by atoms with E-state index in [0.717, 1.165) is 17.7 Å². The second-order valence-electron chi connectivity index (χ2n) is 5.20. The summed E-state index contributed by atoms with van der Waals surface area (Å²) in [5, 5.41) is 20.1. The largest absolute Gasteiger partial charge is 0.494 e. The third-order valence-corrected chi connectivity index (χ3v) is 3.78. The summed E-state index contributed by atoms with van der Waals surface area (Å²) in [5.74, 6) is 0.739. The highest BCUT2D eigenvalue weighted by molar-refractivity contribution is 5.32. The van der Waals surface area contributed by atoms with Gasteiger partial charge in [-0.3, -0.25) is 0 Å². The fourth-order valence-electron chi connectivity index (χ4n) is 2.50. The predicted octanol–water partition coefficient (Wildman–Crippen LogP) is 2.83. The van der Waals surface area contributed by atoms with Gasteiger partial charge in [0.2, 0.25) is 0 Å². The van der Waals surface area contributed by atoms with Crippen LogP contribution in [0.1, 0.15) is 37.9 Å². The molecule has 1 atom stereocenters. The lowest BCUT2D eigenvalue weighted by atomic mass is 9.74. The number of benzene rings is 1. The highest BCUT2D eigenvalue weighted by Gasteiger charge is 2.40. The zero-order valence-electron chi connectivity index (χ0n) is 11.8. The topological polar surface area (TPSA) is 62.5 Å². The molecule has 1 aromatic carbocycles. The molecule has 108 valence electrons. The smallest absolute Gasteiger partial charge is 0.119 e. The number of ether oxygens (including phenoxy) is 2. The van der Waals surface area contributed by atoms with Crippen LogP contribution in [-0.2, 0) is 4.74 Å². The van der Waals surface area contributed by atoms with E-state index in [9.17, 15) is 10.4 Å². The first kappa shape index (κ1) is 14.8. The molecule has 20 heavy (non-hydrogen) atoms. The standard InChI is InChI=1S/C16H21NO3/c1-2-8-20-14-5-3-4-13(11-14)15(18)16(12-17)6-9-19-10-7-16/h3-5,11,15,18H,2,6-10H2,1H3. The van der Waals surface area contributed by atoms with Gasteiger partial charge in [0.1, 0.15) is 5.75 Å². The van der Waals surface area contributed by atoms with Gasteiger partial charge >= 0.3 is 0 Å². The van der Waals surface area contributed by atoms with Crippen LogP contribution in [0.4, 0.5) is 0 Å². The third kappa shape index (κ3) is 3.12. The van der Waals surface area contributed by atoms with E-state index >= 15 is 0 Å². The molecule has 1 fully saturated rings. The zero-order valence-corrected chi connectivity index (χ0v) is 11.8. The molecular weight excluding hydrogens is 254 g/mol. The number of aliphatic hydroxyl groups is 1. The monoisotopic (exact) mass is 275 g/mol. The van der Waals surface area contributed by atoms with Gasteiger partial charge in [0.15, 0.2) is 0 Å². The molecule has 1 saturated heterocycles. The summed E-state index contributed by atoms with van der Waals surface area (Å²) >= 11 is 0. The zero-order chi connectivity index (χ0) is 14.4. The lowest BCUT2D eigenvalue weighted by molar-refractivity contribution is -0.0310. The minimum absolute atomic E-state index is 0.524. The number of hydrogen-bond acceptors (Lipinski definition) is 4. The highest BCUT2D eigenvalue weighted by Crippen LogP contribution is 2.42. The molecule has 0 amide bonds. The Hall–Kier alpha value is -1.57. The van der Waals surface area contributed by atoms with Crippen molar-refractivity contribution in [2.45, 2.75) is 32.3 Å². The number of hydrogen-bond donors (Lipinski definition) is 1. The first-order chi connectivity index (χ1) is 9.72. The molecule has 1 unspecified atom stereocenters. The van der Waals surface area contributed by atoms with E-state index in [1.807, 2.05) is 31.2 Å². The molecule has 0 aromatic heterocycles. The highest BCUT2D eigenvalue weighted by atomic mass is 16.5. The van der Waals surface area contributed by atoms with Gasteiger partial charge in [-0.25, -0.2) is 0 Å². The van der Waals surface area contributed by atoms with Crippen LogP contribution >= 0.6 is 0 Å². The number of rotatable bonds is 5. The van der Waals surface area contributed by atoms with Crippen molar-refractivity contribution in [2.24, 2.45) is 5.41 Å². The Morgan fingerprint density at radius 2 is 2.20 bits per heavy atom. The SMILES string of the molecule is CCCOc1cccc(C(O)C2(C#N)CCOCC2)c1. The first-order valence-corrected chi connectivity index (χ1v) is 7.11. The maximum atomic E-state index is 10.6. The van der Waals surface area contributed by atoms with Gasteiger partial charge in [-0.2, -0.15) is 5.26 Å². The van der Waals surface area contributed by atoms with Crippen LogP contribution in [0.5, 0.6) is 5.75 Å². The molecule has 0 saturated carbocycles.